The molecule has 1 radical (unpaired) electrons. The zero-order valence-corrected chi connectivity index (χ0v) is 2.74. The third-order valence-corrected chi connectivity index (χ3v) is 0.168. The van der Waals surface area contributed by atoms with Crippen molar-refractivity contribution in [3.05, 3.63) is 0 Å². The summed E-state index contributed by atoms with van der Waals surface area (Å²) in [5, 5.41) is 8.90. The molecule has 0 aromatic heterocycles. The van der Waals surface area contributed by atoms with E-state index in [4.69, 9.17) is 5.11 Å². The molecule has 6 heavy (non-hydrogen) atoms. The maximum Gasteiger partial charge on any atom is 0.302 e. The SMILES string of the molecule is [O]C#CC(F)F. The minimum atomic E-state index is -2.78. The van der Waals surface area contributed by atoms with Gasteiger partial charge in [-0.15, -0.1) is 0 Å². The molecule has 3 heteroatoms. The molecule has 0 heterocycles. The fourth-order valence-electron chi connectivity index (χ4n) is 0.0445. The lowest BCUT2D eigenvalue weighted by Gasteiger charge is -1.71. The lowest BCUT2D eigenvalue weighted by atomic mass is 10.7. The Labute approximate surface area is 33.6 Å². The quantitative estimate of drug-likeness (QED) is 0.390. The van der Waals surface area contributed by atoms with E-state index in [0.717, 1.165) is 12.0 Å². The van der Waals surface area contributed by atoms with Crippen LogP contribution in [-0.4, -0.2) is 6.43 Å². The summed E-state index contributed by atoms with van der Waals surface area (Å²) in [4.78, 5) is 0. The standard InChI is InChI=1S/C3HF2O/c4-3(5)1-2-6/h3H. The molecule has 0 amide bonds. The van der Waals surface area contributed by atoms with Crippen LogP contribution in [-0.2, 0) is 5.11 Å². The van der Waals surface area contributed by atoms with E-state index in [-0.39, 0.29) is 0 Å². The zero-order chi connectivity index (χ0) is 4.99. The van der Waals surface area contributed by atoms with Crippen molar-refractivity contribution in [2.45, 2.75) is 6.43 Å². The van der Waals surface area contributed by atoms with Crippen molar-refractivity contribution in [2.24, 2.45) is 0 Å². The van der Waals surface area contributed by atoms with Gasteiger partial charge in [0.25, 0.3) is 0 Å². The second kappa shape index (κ2) is 2.46. The van der Waals surface area contributed by atoms with E-state index in [9.17, 15) is 8.78 Å². The van der Waals surface area contributed by atoms with Gasteiger partial charge < -0.3 is 0 Å². The van der Waals surface area contributed by atoms with Crippen molar-refractivity contribution in [2.75, 3.05) is 0 Å². The summed E-state index contributed by atoms with van der Waals surface area (Å²) >= 11 is 0. The van der Waals surface area contributed by atoms with Crippen LogP contribution in [0.3, 0.4) is 0 Å². The average Bonchev–Trinajstić information content (AvgIpc) is 1.35. The number of alkyl halides is 2. The summed E-state index contributed by atoms with van der Waals surface area (Å²) in [6, 6.07) is 0. The van der Waals surface area contributed by atoms with Crippen LogP contribution in [0.2, 0.25) is 0 Å². The van der Waals surface area contributed by atoms with E-state index < -0.39 is 6.43 Å². The van der Waals surface area contributed by atoms with Gasteiger partial charge in [0.05, 0.1) is 0 Å². The van der Waals surface area contributed by atoms with Gasteiger partial charge in [0.2, 0.25) is 0 Å². The van der Waals surface area contributed by atoms with Crippen molar-refractivity contribution in [3.8, 4) is 12.0 Å². The third kappa shape index (κ3) is 3.22. The Morgan fingerprint density at radius 2 is 2.00 bits per heavy atom. The minimum Gasteiger partial charge on any atom is -0.224 e. The normalized spacial score (nSPS) is 7.17. The van der Waals surface area contributed by atoms with E-state index in [0.29, 0.717) is 0 Å². The van der Waals surface area contributed by atoms with E-state index in [1.807, 2.05) is 0 Å². The van der Waals surface area contributed by atoms with Crippen LogP contribution in [0.4, 0.5) is 8.78 Å². The highest BCUT2D eigenvalue weighted by molar-refractivity contribution is 4.92. The number of hydrogen-bond acceptors (Lipinski definition) is 0. The van der Waals surface area contributed by atoms with Gasteiger partial charge in [-0.05, 0) is 0 Å². The first kappa shape index (κ1) is 5.22. The first-order valence-corrected chi connectivity index (χ1v) is 1.18. The summed E-state index contributed by atoms with van der Waals surface area (Å²) in [6.07, 6.45) is -1.96. The number of rotatable bonds is 0. The van der Waals surface area contributed by atoms with Crippen LogP contribution in [0.25, 0.3) is 0 Å². The molecule has 0 saturated heterocycles. The largest absolute Gasteiger partial charge is 0.302 e. The Kier molecular flexibility index (Phi) is 2.14. The molecule has 0 fully saturated rings. The van der Waals surface area contributed by atoms with Gasteiger partial charge in [-0.25, -0.2) is 5.11 Å². The van der Waals surface area contributed by atoms with Gasteiger partial charge in [0.1, 0.15) is 0 Å². The molecular formula is C3HF2O. The molecule has 33 valence electrons. The highest BCUT2D eigenvalue weighted by Gasteiger charge is 1.89. The summed E-state index contributed by atoms with van der Waals surface area (Å²) in [7, 11) is 0. The summed E-state index contributed by atoms with van der Waals surface area (Å²) in [5.41, 5.74) is 0. The molecule has 0 saturated carbocycles. The number of hydrogen-bond donors (Lipinski definition) is 0. The highest BCUT2D eigenvalue weighted by Crippen LogP contribution is 1.84. The predicted octanol–water partition coefficient (Wildman–Crippen LogP) is 0.643. The third-order valence-electron chi connectivity index (χ3n) is 0.168. The second-order valence-electron chi connectivity index (χ2n) is 0.547. The summed E-state index contributed by atoms with van der Waals surface area (Å²) < 4.78 is 21.3. The Morgan fingerprint density at radius 1 is 1.50 bits per heavy atom. The van der Waals surface area contributed by atoms with Crippen molar-refractivity contribution in [1.82, 2.24) is 0 Å². The molecule has 0 aliphatic heterocycles. The lowest BCUT2D eigenvalue weighted by molar-refractivity contribution is 0.213. The highest BCUT2D eigenvalue weighted by atomic mass is 19.3. The Bertz CT molecular complexity index is 78.5. The molecular weight excluding hydrogens is 90.0 g/mol. The van der Waals surface area contributed by atoms with Crippen molar-refractivity contribution < 1.29 is 13.9 Å². The van der Waals surface area contributed by atoms with Gasteiger partial charge in [-0.2, -0.15) is 8.78 Å². The van der Waals surface area contributed by atoms with E-state index in [1.54, 1.807) is 0 Å². The van der Waals surface area contributed by atoms with E-state index in [2.05, 4.69) is 0 Å². The maximum absolute atomic E-state index is 10.7. The monoisotopic (exact) mass is 91.0 g/mol. The lowest BCUT2D eigenvalue weighted by Crippen LogP contribution is -1.78. The molecule has 0 atom stereocenters. The van der Waals surface area contributed by atoms with Crippen molar-refractivity contribution >= 4 is 0 Å². The van der Waals surface area contributed by atoms with Gasteiger partial charge in [0, 0.05) is 5.92 Å². The molecule has 0 aliphatic rings. The molecule has 0 aromatic carbocycles. The topological polar surface area (TPSA) is 19.9 Å². The molecule has 0 N–H and O–H groups in total. The molecule has 1 nitrogen and oxygen atoms in total. The molecule has 0 rings (SSSR count). The van der Waals surface area contributed by atoms with Gasteiger partial charge in [0.15, 0.2) is 6.11 Å². The first-order valence-electron chi connectivity index (χ1n) is 1.18. The van der Waals surface area contributed by atoms with Crippen molar-refractivity contribution in [1.29, 1.82) is 0 Å². The van der Waals surface area contributed by atoms with Crippen molar-refractivity contribution in [3.63, 3.8) is 0 Å². The van der Waals surface area contributed by atoms with Crippen LogP contribution in [0.15, 0.2) is 0 Å². The minimum absolute atomic E-state index is 0.817. The smallest absolute Gasteiger partial charge is 0.224 e. The fourth-order valence-corrected chi connectivity index (χ4v) is 0.0445. The summed E-state index contributed by atoms with van der Waals surface area (Å²) in [6.45, 7) is 0. The Morgan fingerprint density at radius 3 is 2.00 bits per heavy atom. The fraction of sp³-hybridized carbons (Fsp3) is 0.333. The zero-order valence-electron chi connectivity index (χ0n) is 2.74. The molecule has 0 aliphatic carbocycles. The first-order chi connectivity index (χ1) is 2.77. The second-order valence-corrected chi connectivity index (χ2v) is 0.547. The van der Waals surface area contributed by atoms with Gasteiger partial charge in [-0.1, -0.05) is 0 Å². The van der Waals surface area contributed by atoms with Crippen LogP contribution < -0.4 is 0 Å². The molecule has 0 bridgehead atoms. The maximum atomic E-state index is 10.7. The van der Waals surface area contributed by atoms with E-state index >= 15 is 0 Å². The summed E-state index contributed by atoms with van der Waals surface area (Å²) in [5.74, 6) is 1.07. The predicted molar refractivity (Wildman–Crippen MR) is 14.5 cm³/mol. The number of halogens is 2. The average molecular weight is 91.0 g/mol. The Hall–Kier alpha value is -0.780. The van der Waals surface area contributed by atoms with Crippen LogP contribution in [0, 0.1) is 12.0 Å². The molecule has 0 unspecified atom stereocenters. The van der Waals surface area contributed by atoms with Gasteiger partial charge in [-0.3, -0.25) is 0 Å². The molecule has 0 spiro atoms. The van der Waals surface area contributed by atoms with Crippen LogP contribution in [0.1, 0.15) is 0 Å². The van der Waals surface area contributed by atoms with Crippen LogP contribution in [0.5, 0.6) is 0 Å². The molecule has 0 aromatic rings. The Balaban J connectivity index is 3.20. The van der Waals surface area contributed by atoms with Crippen LogP contribution >= 0.6 is 0 Å². The van der Waals surface area contributed by atoms with E-state index in [1.165, 1.54) is 0 Å². The van der Waals surface area contributed by atoms with Gasteiger partial charge >= 0.3 is 6.43 Å².